The molecule has 0 fully saturated rings. The van der Waals surface area contributed by atoms with Gasteiger partial charge in [0.25, 0.3) is 0 Å². The summed E-state index contributed by atoms with van der Waals surface area (Å²) in [5.41, 5.74) is 12.0. The van der Waals surface area contributed by atoms with Crippen LogP contribution in [0.25, 0.3) is 0 Å². The number of nitrogen functional groups attached to an aromatic ring is 2. The van der Waals surface area contributed by atoms with E-state index in [1.54, 1.807) is 18.2 Å². The van der Waals surface area contributed by atoms with Crippen molar-refractivity contribution in [2.45, 2.75) is 10.9 Å². The summed E-state index contributed by atoms with van der Waals surface area (Å²) in [7, 11) is 0. The van der Waals surface area contributed by atoms with Crippen LogP contribution >= 0.6 is 35.0 Å². The van der Waals surface area contributed by atoms with Crippen LogP contribution in [0, 0.1) is 0 Å². The molecule has 0 bridgehead atoms. The Bertz CT molecular complexity index is 536. The zero-order valence-electron chi connectivity index (χ0n) is 9.23. The van der Waals surface area contributed by atoms with Crippen molar-refractivity contribution in [2.75, 3.05) is 11.5 Å². The molecule has 1 heterocycles. The van der Waals surface area contributed by atoms with E-state index in [1.807, 2.05) is 0 Å². The molecule has 0 spiro atoms. The summed E-state index contributed by atoms with van der Waals surface area (Å²) in [6.45, 7) is 0. The number of hydrogen-bond donors (Lipinski definition) is 2. The Morgan fingerprint density at radius 2 is 1.61 bits per heavy atom. The molecule has 4 nitrogen and oxygen atoms in total. The predicted molar refractivity (Wildman–Crippen MR) is 76.9 cm³/mol. The molecule has 0 saturated heterocycles. The van der Waals surface area contributed by atoms with Crippen LogP contribution in [0.5, 0.6) is 0 Å². The number of rotatable bonds is 3. The summed E-state index contributed by atoms with van der Waals surface area (Å²) in [5.74, 6) is 1.24. The van der Waals surface area contributed by atoms with Gasteiger partial charge < -0.3 is 11.5 Å². The maximum absolute atomic E-state index is 6.07. The van der Waals surface area contributed by atoms with Crippen molar-refractivity contribution in [2.24, 2.45) is 0 Å². The van der Waals surface area contributed by atoms with E-state index in [1.165, 1.54) is 17.8 Å². The third kappa shape index (κ3) is 3.19. The Morgan fingerprint density at radius 1 is 1.06 bits per heavy atom. The van der Waals surface area contributed by atoms with Crippen molar-refractivity contribution in [1.29, 1.82) is 0 Å². The summed E-state index contributed by atoms with van der Waals surface area (Å²) >= 11 is 13.5. The lowest BCUT2D eigenvalue weighted by molar-refractivity contribution is 0.984. The van der Waals surface area contributed by atoms with Crippen molar-refractivity contribution in [3.63, 3.8) is 0 Å². The lowest BCUT2D eigenvalue weighted by Gasteiger charge is -2.06. The second kappa shape index (κ2) is 5.65. The van der Waals surface area contributed by atoms with Gasteiger partial charge in [0.05, 0.1) is 0 Å². The van der Waals surface area contributed by atoms with E-state index < -0.39 is 0 Å². The number of thioether (sulfide) groups is 1. The molecule has 1 aromatic carbocycles. The first kappa shape index (κ1) is 13.3. The number of nitrogens with zero attached hydrogens (tertiary/aromatic N) is 2. The summed E-state index contributed by atoms with van der Waals surface area (Å²) in [4.78, 5) is 8.14. The fraction of sp³-hybridized carbons (Fsp3) is 0.0909. The van der Waals surface area contributed by atoms with Crippen molar-refractivity contribution in [3.8, 4) is 0 Å². The van der Waals surface area contributed by atoms with Gasteiger partial charge in [-0.25, -0.2) is 9.97 Å². The highest BCUT2D eigenvalue weighted by molar-refractivity contribution is 7.98. The van der Waals surface area contributed by atoms with Crippen LogP contribution in [-0.2, 0) is 5.75 Å². The molecule has 0 atom stereocenters. The van der Waals surface area contributed by atoms with E-state index in [9.17, 15) is 0 Å². The molecule has 1 aromatic heterocycles. The zero-order valence-corrected chi connectivity index (χ0v) is 11.6. The van der Waals surface area contributed by atoms with E-state index in [4.69, 9.17) is 34.7 Å². The SMILES string of the molecule is Nc1cc(N)nc(SCc2c(Cl)cccc2Cl)n1. The van der Waals surface area contributed by atoms with Gasteiger partial charge in [-0.3, -0.25) is 0 Å². The molecular weight excluding hydrogens is 291 g/mol. The van der Waals surface area contributed by atoms with Crippen molar-refractivity contribution in [1.82, 2.24) is 9.97 Å². The molecule has 94 valence electrons. The average molecular weight is 301 g/mol. The van der Waals surface area contributed by atoms with E-state index >= 15 is 0 Å². The Balaban J connectivity index is 2.16. The van der Waals surface area contributed by atoms with Crippen LogP contribution in [0.15, 0.2) is 29.4 Å². The van der Waals surface area contributed by atoms with Crippen LogP contribution in [0.3, 0.4) is 0 Å². The highest BCUT2D eigenvalue weighted by Crippen LogP contribution is 2.30. The number of aromatic nitrogens is 2. The van der Waals surface area contributed by atoms with Gasteiger partial charge in [-0.05, 0) is 17.7 Å². The normalized spacial score (nSPS) is 10.6. The monoisotopic (exact) mass is 300 g/mol. The smallest absolute Gasteiger partial charge is 0.191 e. The molecule has 2 rings (SSSR count). The van der Waals surface area contributed by atoms with Gasteiger partial charge in [0.2, 0.25) is 0 Å². The molecule has 0 unspecified atom stereocenters. The Hall–Kier alpha value is -1.17. The maximum Gasteiger partial charge on any atom is 0.191 e. The van der Waals surface area contributed by atoms with Crippen molar-refractivity contribution in [3.05, 3.63) is 39.9 Å². The second-order valence-electron chi connectivity index (χ2n) is 3.49. The standard InChI is InChI=1S/C11H10Cl2N4S/c12-7-2-1-3-8(13)6(7)5-18-11-16-9(14)4-10(15)17-11/h1-4H,5H2,(H4,14,15,16,17). The summed E-state index contributed by atoms with van der Waals surface area (Å²) < 4.78 is 0. The zero-order chi connectivity index (χ0) is 13.1. The van der Waals surface area contributed by atoms with E-state index in [-0.39, 0.29) is 0 Å². The first-order valence-corrected chi connectivity index (χ1v) is 6.76. The third-order valence-electron chi connectivity index (χ3n) is 2.15. The molecule has 18 heavy (non-hydrogen) atoms. The molecule has 0 aliphatic heterocycles. The highest BCUT2D eigenvalue weighted by Gasteiger charge is 2.08. The van der Waals surface area contributed by atoms with Crippen molar-refractivity contribution >= 4 is 46.6 Å². The van der Waals surface area contributed by atoms with Crippen LogP contribution in [-0.4, -0.2) is 9.97 Å². The number of nitrogens with two attached hydrogens (primary N) is 2. The molecule has 0 amide bonds. The summed E-state index contributed by atoms with van der Waals surface area (Å²) in [6, 6.07) is 6.89. The van der Waals surface area contributed by atoms with Gasteiger partial charge in [0, 0.05) is 21.9 Å². The van der Waals surface area contributed by atoms with Crippen LogP contribution in [0.1, 0.15) is 5.56 Å². The van der Waals surface area contributed by atoms with Crippen LogP contribution in [0.2, 0.25) is 10.0 Å². The fourth-order valence-electron chi connectivity index (χ4n) is 1.33. The van der Waals surface area contributed by atoms with E-state index in [0.717, 1.165) is 5.56 Å². The minimum absolute atomic E-state index is 0.343. The molecule has 2 aromatic rings. The van der Waals surface area contributed by atoms with Gasteiger partial charge in [-0.15, -0.1) is 0 Å². The summed E-state index contributed by atoms with van der Waals surface area (Å²) in [6.07, 6.45) is 0. The summed E-state index contributed by atoms with van der Waals surface area (Å²) in [5, 5.41) is 1.74. The molecule has 0 saturated carbocycles. The van der Waals surface area contributed by atoms with Crippen molar-refractivity contribution < 1.29 is 0 Å². The molecule has 0 aliphatic rings. The number of benzene rings is 1. The predicted octanol–water partition coefficient (Wildman–Crippen LogP) is 3.24. The molecule has 4 N–H and O–H groups in total. The lowest BCUT2D eigenvalue weighted by atomic mass is 10.2. The van der Waals surface area contributed by atoms with Crippen LogP contribution < -0.4 is 11.5 Å². The fourth-order valence-corrected chi connectivity index (χ4v) is 2.95. The molecule has 0 radical (unpaired) electrons. The van der Waals surface area contributed by atoms with Gasteiger partial charge in [-0.2, -0.15) is 0 Å². The average Bonchev–Trinajstić information content (AvgIpc) is 2.27. The second-order valence-corrected chi connectivity index (χ2v) is 5.25. The van der Waals surface area contributed by atoms with Crippen LogP contribution in [0.4, 0.5) is 11.6 Å². The maximum atomic E-state index is 6.07. The molecule has 0 aliphatic carbocycles. The third-order valence-corrected chi connectivity index (χ3v) is 3.73. The van der Waals surface area contributed by atoms with Gasteiger partial charge >= 0.3 is 0 Å². The molecular formula is C11H10Cl2N4S. The minimum atomic E-state index is 0.343. The van der Waals surface area contributed by atoms with Gasteiger partial charge in [0.1, 0.15) is 11.6 Å². The Labute approximate surface area is 119 Å². The largest absolute Gasteiger partial charge is 0.383 e. The Morgan fingerprint density at radius 3 is 2.17 bits per heavy atom. The van der Waals surface area contributed by atoms with Gasteiger partial charge in [0.15, 0.2) is 5.16 Å². The Kier molecular flexibility index (Phi) is 4.16. The number of halogens is 2. The number of anilines is 2. The quantitative estimate of drug-likeness (QED) is 0.672. The number of hydrogen-bond acceptors (Lipinski definition) is 5. The topological polar surface area (TPSA) is 77.8 Å². The van der Waals surface area contributed by atoms with E-state index in [0.29, 0.717) is 32.6 Å². The van der Waals surface area contributed by atoms with Gasteiger partial charge in [-0.1, -0.05) is 41.0 Å². The lowest BCUT2D eigenvalue weighted by Crippen LogP contribution is -1.99. The minimum Gasteiger partial charge on any atom is -0.383 e. The first-order valence-electron chi connectivity index (χ1n) is 5.02. The highest BCUT2D eigenvalue weighted by atomic mass is 35.5. The molecule has 7 heteroatoms. The first-order chi connectivity index (χ1) is 8.56. The van der Waals surface area contributed by atoms with E-state index in [2.05, 4.69) is 9.97 Å².